The van der Waals surface area contributed by atoms with E-state index in [1.54, 1.807) is 20.8 Å². The largest absolute Gasteiger partial charge is 0.459 e. The number of carbonyl (C=O) groups excluding carboxylic acids is 1. The molecular weight excluding hydrogens is 170 g/mol. The summed E-state index contributed by atoms with van der Waals surface area (Å²) in [4.78, 5) is 11.3. The maximum Gasteiger partial charge on any atom is 0.326 e. The first-order valence-corrected chi connectivity index (χ1v) is 4.47. The Kier molecular flexibility index (Phi) is 4.95. The first-order valence-electron chi connectivity index (χ1n) is 4.47. The van der Waals surface area contributed by atoms with E-state index in [1.807, 2.05) is 6.92 Å². The van der Waals surface area contributed by atoms with Crippen molar-refractivity contribution in [2.45, 2.75) is 39.3 Å². The van der Waals surface area contributed by atoms with E-state index in [4.69, 9.17) is 9.84 Å². The molecule has 13 heavy (non-hydrogen) atoms. The van der Waals surface area contributed by atoms with Gasteiger partial charge in [0.25, 0.3) is 0 Å². The molecule has 0 unspecified atom stereocenters. The molecule has 0 bridgehead atoms. The first kappa shape index (κ1) is 12.4. The number of carbonyl (C=O) groups is 1. The zero-order valence-corrected chi connectivity index (χ0v) is 8.76. The number of aliphatic hydroxyl groups is 1. The first-order chi connectivity index (χ1) is 5.90. The van der Waals surface area contributed by atoms with E-state index in [0.717, 1.165) is 0 Å². The lowest BCUT2D eigenvalue weighted by molar-refractivity contribution is -0.158. The normalized spacial score (nSPS) is 13.9. The van der Waals surface area contributed by atoms with Gasteiger partial charge in [0.1, 0.15) is 11.6 Å². The van der Waals surface area contributed by atoms with Crippen LogP contribution in [-0.2, 0) is 9.53 Å². The van der Waals surface area contributed by atoms with Crippen LogP contribution in [-0.4, -0.2) is 35.9 Å². The van der Waals surface area contributed by atoms with Gasteiger partial charge in [-0.1, -0.05) is 6.92 Å². The molecular formula is C9H19NO3. The predicted molar refractivity (Wildman–Crippen MR) is 50.4 cm³/mol. The quantitative estimate of drug-likeness (QED) is 0.624. The van der Waals surface area contributed by atoms with Crippen LogP contribution in [0.2, 0.25) is 0 Å². The highest BCUT2D eigenvalue weighted by molar-refractivity contribution is 5.76. The van der Waals surface area contributed by atoms with Gasteiger partial charge >= 0.3 is 5.97 Å². The third-order valence-electron chi connectivity index (χ3n) is 1.32. The third kappa shape index (κ3) is 5.60. The molecule has 0 heterocycles. The molecule has 0 aromatic carbocycles. The van der Waals surface area contributed by atoms with Gasteiger partial charge < -0.3 is 15.2 Å². The van der Waals surface area contributed by atoms with Gasteiger partial charge in [-0.05, 0) is 27.3 Å². The molecule has 0 amide bonds. The van der Waals surface area contributed by atoms with Gasteiger partial charge in [-0.3, -0.25) is 4.79 Å². The van der Waals surface area contributed by atoms with Crippen LogP contribution in [0.3, 0.4) is 0 Å². The predicted octanol–water partition coefficient (Wildman–Crippen LogP) is 0.298. The van der Waals surface area contributed by atoms with Crippen LogP contribution in [0.25, 0.3) is 0 Å². The summed E-state index contributed by atoms with van der Waals surface area (Å²) < 4.78 is 5.08. The molecule has 0 aliphatic rings. The lowest BCUT2D eigenvalue weighted by Gasteiger charge is -2.23. The molecule has 0 fully saturated rings. The lowest BCUT2D eigenvalue weighted by Crippen LogP contribution is -2.43. The average molecular weight is 189 g/mol. The second-order valence-corrected chi connectivity index (χ2v) is 3.83. The molecule has 0 saturated carbocycles. The van der Waals surface area contributed by atoms with Crippen molar-refractivity contribution in [2.75, 3.05) is 13.2 Å². The van der Waals surface area contributed by atoms with E-state index in [-0.39, 0.29) is 6.61 Å². The summed E-state index contributed by atoms with van der Waals surface area (Å²) in [6.07, 6.45) is 0. The second kappa shape index (κ2) is 5.19. The summed E-state index contributed by atoms with van der Waals surface area (Å²) in [5.74, 6) is -0.406. The number of nitrogens with one attached hydrogen (secondary N) is 1. The van der Waals surface area contributed by atoms with E-state index in [0.29, 0.717) is 6.54 Å². The van der Waals surface area contributed by atoms with Gasteiger partial charge in [0.15, 0.2) is 0 Å². The van der Waals surface area contributed by atoms with Crippen molar-refractivity contribution in [1.82, 2.24) is 5.32 Å². The monoisotopic (exact) mass is 189 g/mol. The Morgan fingerprint density at radius 1 is 1.54 bits per heavy atom. The number of esters is 1. The highest BCUT2D eigenvalue weighted by Crippen LogP contribution is 2.08. The Bertz CT molecular complexity index is 163. The molecule has 0 aromatic rings. The fraction of sp³-hybridized carbons (Fsp3) is 0.889. The Morgan fingerprint density at radius 2 is 2.08 bits per heavy atom. The Hall–Kier alpha value is -0.610. The van der Waals surface area contributed by atoms with Crippen molar-refractivity contribution in [3.8, 4) is 0 Å². The van der Waals surface area contributed by atoms with E-state index >= 15 is 0 Å². The highest BCUT2D eigenvalue weighted by Gasteiger charge is 2.23. The van der Waals surface area contributed by atoms with Crippen molar-refractivity contribution < 1.29 is 14.6 Å². The SMILES string of the molecule is CCN[C@H](CO)C(=O)OC(C)(C)C. The average Bonchev–Trinajstić information content (AvgIpc) is 1.96. The van der Waals surface area contributed by atoms with Crippen molar-refractivity contribution in [1.29, 1.82) is 0 Å². The molecule has 0 spiro atoms. The summed E-state index contributed by atoms with van der Waals surface area (Å²) >= 11 is 0. The minimum absolute atomic E-state index is 0.233. The molecule has 4 heteroatoms. The van der Waals surface area contributed by atoms with Crippen molar-refractivity contribution >= 4 is 5.97 Å². The van der Waals surface area contributed by atoms with Crippen LogP contribution >= 0.6 is 0 Å². The summed E-state index contributed by atoms with van der Waals surface area (Å²) in [5, 5.41) is 11.7. The Balaban J connectivity index is 4.06. The fourth-order valence-corrected chi connectivity index (χ4v) is 0.842. The Morgan fingerprint density at radius 3 is 2.38 bits per heavy atom. The number of ether oxygens (including phenoxy) is 1. The van der Waals surface area contributed by atoms with E-state index in [9.17, 15) is 4.79 Å². The minimum atomic E-state index is -0.607. The fourth-order valence-electron chi connectivity index (χ4n) is 0.842. The van der Waals surface area contributed by atoms with E-state index in [1.165, 1.54) is 0 Å². The van der Waals surface area contributed by atoms with Crippen LogP contribution in [0.4, 0.5) is 0 Å². The smallest absolute Gasteiger partial charge is 0.326 e. The molecule has 4 nitrogen and oxygen atoms in total. The van der Waals surface area contributed by atoms with Gasteiger partial charge in [0.05, 0.1) is 6.61 Å². The standard InChI is InChI=1S/C9H19NO3/c1-5-10-7(6-11)8(12)13-9(2,3)4/h7,10-11H,5-6H2,1-4H3/t7-/m1/s1. The molecule has 1 atom stereocenters. The molecule has 0 aliphatic carbocycles. The van der Waals surface area contributed by atoms with Crippen molar-refractivity contribution in [3.63, 3.8) is 0 Å². The van der Waals surface area contributed by atoms with Gasteiger partial charge in [-0.15, -0.1) is 0 Å². The van der Waals surface area contributed by atoms with Crippen LogP contribution in [0, 0.1) is 0 Å². The number of hydrogen-bond donors (Lipinski definition) is 2. The molecule has 0 aromatic heterocycles. The minimum Gasteiger partial charge on any atom is -0.459 e. The van der Waals surface area contributed by atoms with Crippen molar-refractivity contribution in [3.05, 3.63) is 0 Å². The Labute approximate surface area is 79.3 Å². The molecule has 0 saturated heterocycles. The van der Waals surface area contributed by atoms with Crippen LogP contribution in [0.1, 0.15) is 27.7 Å². The maximum atomic E-state index is 11.3. The maximum absolute atomic E-state index is 11.3. The van der Waals surface area contributed by atoms with Gasteiger partial charge in [-0.25, -0.2) is 0 Å². The highest BCUT2D eigenvalue weighted by atomic mass is 16.6. The summed E-state index contributed by atoms with van der Waals surface area (Å²) in [5.41, 5.74) is -0.500. The van der Waals surface area contributed by atoms with Crippen molar-refractivity contribution in [2.24, 2.45) is 0 Å². The van der Waals surface area contributed by atoms with Gasteiger partial charge in [0, 0.05) is 0 Å². The third-order valence-corrected chi connectivity index (χ3v) is 1.32. The van der Waals surface area contributed by atoms with Gasteiger partial charge in [-0.2, -0.15) is 0 Å². The van der Waals surface area contributed by atoms with Crippen LogP contribution in [0.15, 0.2) is 0 Å². The zero-order chi connectivity index (χ0) is 10.5. The van der Waals surface area contributed by atoms with E-state index < -0.39 is 17.6 Å². The zero-order valence-electron chi connectivity index (χ0n) is 8.76. The number of aliphatic hydroxyl groups excluding tert-OH is 1. The van der Waals surface area contributed by atoms with Crippen LogP contribution < -0.4 is 5.32 Å². The number of rotatable bonds is 4. The topological polar surface area (TPSA) is 58.6 Å². The number of hydrogen-bond acceptors (Lipinski definition) is 4. The number of likely N-dealkylation sites (N-methyl/N-ethyl adjacent to an activating group) is 1. The van der Waals surface area contributed by atoms with Crippen LogP contribution in [0.5, 0.6) is 0 Å². The van der Waals surface area contributed by atoms with E-state index in [2.05, 4.69) is 5.32 Å². The molecule has 0 rings (SSSR count). The second-order valence-electron chi connectivity index (χ2n) is 3.83. The lowest BCUT2D eigenvalue weighted by atomic mass is 10.2. The summed E-state index contributed by atoms with van der Waals surface area (Å²) in [6, 6.07) is -0.607. The molecule has 0 aliphatic heterocycles. The summed E-state index contributed by atoms with van der Waals surface area (Å²) in [6.45, 7) is 7.65. The molecule has 78 valence electrons. The molecule has 2 N–H and O–H groups in total. The summed E-state index contributed by atoms with van der Waals surface area (Å²) in [7, 11) is 0. The van der Waals surface area contributed by atoms with Gasteiger partial charge in [0.2, 0.25) is 0 Å². The molecule has 0 radical (unpaired) electrons.